The molecule has 0 aliphatic rings. The van der Waals surface area contributed by atoms with Gasteiger partial charge in [0.1, 0.15) is 0 Å². The minimum atomic E-state index is -3.59. The van der Waals surface area contributed by atoms with Crippen LogP contribution in [-0.4, -0.2) is 32.7 Å². The number of halogens is 2. The van der Waals surface area contributed by atoms with Crippen LogP contribution in [-0.2, 0) is 20.6 Å². The largest absolute Gasteiger partial charge is 0.330 e. The average molecular weight is 369 g/mol. The Morgan fingerprint density at radius 2 is 1.86 bits per heavy atom. The number of nitrogens with two attached hydrogens (primary N) is 1. The van der Waals surface area contributed by atoms with Crippen molar-refractivity contribution in [3.63, 3.8) is 0 Å². The van der Waals surface area contributed by atoms with Crippen LogP contribution in [0.5, 0.6) is 0 Å². The first-order valence-electron chi connectivity index (χ1n) is 6.81. The summed E-state index contributed by atoms with van der Waals surface area (Å²) in [6.07, 6.45) is 1.83. The molecule has 1 aromatic rings. The molecule has 0 bridgehead atoms. The molecule has 0 saturated carbocycles. The van der Waals surface area contributed by atoms with Crippen LogP contribution in [0.25, 0.3) is 0 Å². The molecule has 0 heterocycles. The molecule has 5 nitrogen and oxygen atoms in total. The van der Waals surface area contributed by atoms with Gasteiger partial charge < -0.3 is 5.73 Å². The van der Waals surface area contributed by atoms with Gasteiger partial charge >= 0.3 is 0 Å². The maximum Gasteiger partial charge on any atom is 0.216 e. The van der Waals surface area contributed by atoms with Gasteiger partial charge in [0.15, 0.2) is 5.78 Å². The molecule has 1 atom stereocenters. The summed E-state index contributed by atoms with van der Waals surface area (Å²) < 4.78 is 26.7. The number of carbonyl (C=O) groups excluding carboxylic acids is 1. The number of hydrogen-bond acceptors (Lipinski definition) is 4. The Kier molecular flexibility index (Phi) is 10.6. The monoisotopic (exact) mass is 368 g/mol. The number of sulfonamides is 1. The molecule has 1 rings (SSSR count). The second-order valence-corrected chi connectivity index (χ2v) is 6.82. The predicted molar refractivity (Wildman–Crippen MR) is 91.9 cm³/mol. The maximum atomic E-state index is 12.1. The van der Waals surface area contributed by atoms with E-state index in [4.69, 9.17) is 17.3 Å². The minimum absolute atomic E-state index is 0. The zero-order chi connectivity index (χ0) is 15.7. The summed E-state index contributed by atoms with van der Waals surface area (Å²) in [6.45, 7) is 0.512. The molecule has 22 heavy (non-hydrogen) atoms. The van der Waals surface area contributed by atoms with Gasteiger partial charge in [-0.25, -0.2) is 13.1 Å². The predicted octanol–water partition coefficient (Wildman–Crippen LogP) is 1.83. The van der Waals surface area contributed by atoms with Gasteiger partial charge in [-0.1, -0.05) is 36.8 Å². The van der Waals surface area contributed by atoms with Crippen molar-refractivity contribution in [2.75, 3.05) is 12.4 Å². The van der Waals surface area contributed by atoms with E-state index in [-0.39, 0.29) is 29.8 Å². The van der Waals surface area contributed by atoms with E-state index in [2.05, 4.69) is 4.72 Å². The van der Waals surface area contributed by atoms with E-state index < -0.39 is 16.1 Å². The summed E-state index contributed by atoms with van der Waals surface area (Å²) in [6, 6.07) is 8.04. The highest BCUT2D eigenvalue weighted by Gasteiger charge is 2.23. The Balaban J connectivity index is 0.00000441. The molecule has 0 saturated heterocycles. The number of benzene rings is 1. The van der Waals surface area contributed by atoms with Crippen LogP contribution < -0.4 is 10.5 Å². The van der Waals surface area contributed by atoms with Crippen LogP contribution in [0.15, 0.2) is 30.3 Å². The fourth-order valence-electron chi connectivity index (χ4n) is 1.92. The standard InChI is InChI=1S/C14H21ClN2O3S.ClH/c15-10-14(18)13(8-4-5-9-16)17-21(19,20)11-12-6-2-1-3-7-12;/h1-3,6-7,13,17H,4-5,8-11,16H2;1H. The van der Waals surface area contributed by atoms with E-state index in [9.17, 15) is 13.2 Å². The molecule has 1 aromatic carbocycles. The summed E-state index contributed by atoms with van der Waals surface area (Å²) >= 11 is 5.54. The zero-order valence-corrected chi connectivity index (χ0v) is 14.6. The van der Waals surface area contributed by atoms with Crippen molar-refractivity contribution < 1.29 is 13.2 Å². The lowest BCUT2D eigenvalue weighted by Crippen LogP contribution is -2.42. The first-order chi connectivity index (χ1) is 9.98. The van der Waals surface area contributed by atoms with Gasteiger partial charge in [-0.15, -0.1) is 24.0 Å². The summed E-state index contributed by atoms with van der Waals surface area (Å²) in [7, 11) is -3.59. The van der Waals surface area contributed by atoms with E-state index in [1.54, 1.807) is 24.3 Å². The number of alkyl halides is 1. The van der Waals surface area contributed by atoms with E-state index in [0.29, 0.717) is 24.9 Å². The third kappa shape index (κ3) is 8.10. The first kappa shape index (κ1) is 21.3. The normalized spacial score (nSPS) is 12.5. The summed E-state index contributed by atoms with van der Waals surface area (Å²) in [5, 5.41) is 0. The molecule has 0 aromatic heterocycles. The van der Waals surface area contributed by atoms with Crippen LogP contribution in [0.2, 0.25) is 0 Å². The zero-order valence-electron chi connectivity index (χ0n) is 12.2. The highest BCUT2D eigenvalue weighted by Crippen LogP contribution is 2.09. The smallest absolute Gasteiger partial charge is 0.216 e. The molecular formula is C14H22Cl2N2O3S. The quantitative estimate of drug-likeness (QED) is 0.486. The van der Waals surface area contributed by atoms with Crippen molar-refractivity contribution in [3.8, 4) is 0 Å². The first-order valence-corrected chi connectivity index (χ1v) is 9.00. The van der Waals surface area contributed by atoms with Crippen molar-refractivity contribution in [2.45, 2.75) is 31.1 Å². The number of hydrogen-bond donors (Lipinski definition) is 2. The number of carbonyl (C=O) groups is 1. The fraction of sp³-hybridized carbons (Fsp3) is 0.500. The number of nitrogens with one attached hydrogen (secondary N) is 1. The molecule has 0 aliphatic heterocycles. The molecule has 0 fully saturated rings. The van der Waals surface area contributed by atoms with Crippen molar-refractivity contribution >= 4 is 39.8 Å². The van der Waals surface area contributed by atoms with Crippen molar-refractivity contribution in [3.05, 3.63) is 35.9 Å². The molecule has 0 radical (unpaired) electrons. The molecule has 0 spiro atoms. The second kappa shape index (κ2) is 11.0. The topological polar surface area (TPSA) is 89.3 Å². The van der Waals surface area contributed by atoms with E-state index in [0.717, 1.165) is 6.42 Å². The molecule has 126 valence electrons. The van der Waals surface area contributed by atoms with Crippen LogP contribution in [0.3, 0.4) is 0 Å². The van der Waals surface area contributed by atoms with E-state index >= 15 is 0 Å². The summed E-state index contributed by atoms with van der Waals surface area (Å²) in [5.41, 5.74) is 6.07. The number of ketones is 1. The van der Waals surface area contributed by atoms with Crippen molar-refractivity contribution in [1.82, 2.24) is 4.72 Å². The van der Waals surface area contributed by atoms with Crippen LogP contribution in [0, 0.1) is 0 Å². The Morgan fingerprint density at radius 1 is 1.23 bits per heavy atom. The lowest BCUT2D eigenvalue weighted by atomic mass is 10.1. The highest BCUT2D eigenvalue weighted by molar-refractivity contribution is 7.88. The van der Waals surface area contributed by atoms with Crippen molar-refractivity contribution in [2.24, 2.45) is 5.73 Å². The molecule has 0 amide bonds. The Hall–Kier alpha value is -0.660. The van der Waals surface area contributed by atoms with Crippen molar-refractivity contribution in [1.29, 1.82) is 0 Å². The SMILES string of the molecule is Cl.NCCCCC(NS(=O)(=O)Cc1ccccc1)C(=O)CCl. The third-order valence-corrected chi connectivity index (χ3v) is 4.61. The van der Waals surface area contributed by atoms with Crippen LogP contribution in [0.4, 0.5) is 0 Å². The Labute approximate surface area is 143 Å². The van der Waals surface area contributed by atoms with E-state index in [1.807, 2.05) is 6.07 Å². The lowest BCUT2D eigenvalue weighted by Gasteiger charge is -2.16. The molecule has 1 unspecified atom stereocenters. The van der Waals surface area contributed by atoms with Gasteiger partial charge in [-0.2, -0.15) is 0 Å². The third-order valence-electron chi connectivity index (χ3n) is 2.99. The number of unbranched alkanes of at least 4 members (excludes halogenated alkanes) is 1. The van der Waals surface area contributed by atoms with Crippen LogP contribution >= 0.6 is 24.0 Å². The molecule has 8 heteroatoms. The minimum Gasteiger partial charge on any atom is -0.330 e. The van der Waals surface area contributed by atoms with Gasteiger partial charge in [-0.3, -0.25) is 4.79 Å². The molecule has 3 N–H and O–H groups in total. The summed E-state index contributed by atoms with van der Waals surface area (Å²) in [4.78, 5) is 11.7. The average Bonchev–Trinajstić information content (AvgIpc) is 2.46. The van der Waals surface area contributed by atoms with Gasteiger partial charge in [0.05, 0.1) is 17.7 Å². The van der Waals surface area contributed by atoms with Gasteiger partial charge in [0.25, 0.3) is 0 Å². The van der Waals surface area contributed by atoms with Gasteiger partial charge in [0.2, 0.25) is 10.0 Å². The molecular weight excluding hydrogens is 347 g/mol. The second-order valence-electron chi connectivity index (χ2n) is 4.80. The summed E-state index contributed by atoms with van der Waals surface area (Å²) in [5.74, 6) is -0.678. The Bertz CT molecular complexity index is 538. The fourth-order valence-corrected chi connectivity index (χ4v) is 3.51. The van der Waals surface area contributed by atoms with Crippen LogP contribution in [0.1, 0.15) is 24.8 Å². The maximum absolute atomic E-state index is 12.1. The molecule has 0 aliphatic carbocycles. The number of rotatable bonds is 10. The highest BCUT2D eigenvalue weighted by atomic mass is 35.5. The van der Waals surface area contributed by atoms with Gasteiger partial charge in [-0.05, 0) is 24.9 Å². The Morgan fingerprint density at radius 3 is 2.41 bits per heavy atom. The van der Waals surface area contributed by atoms with Gasteiger partial charge in [0, 0.05) is 0 Å². The van der Waals surface area contributed by atoms with E-state index in [1.165, 1.54) is 0 Å². The number of Topliss-reactive ketones (excluding diaryl/α,β-unsaturated/α-hetero) is 1. The lowest BCUT2D eigenvalue weighted by molar-refractivity contribution is -0.118.